The van der Waals surface area contributed by atoms with Crippen LogP contribution in [0.15, 0.2) is 12.3 Å². The minimum absolute atomic E-state index is 0.447. The van der Waals surface area contributed by atoms with Crippen LogP contribution >= 0.6 is 0 Å². The van der Waals surface area contributed by atoms with E-state index in [2.05, 4.69) is 18.0 Å². The molecule has 2 heteroatoms. The monoisotopic (exact) mass is 153 g/mol. The molecule has 2 rings (SSSR count). The van der Waals surface area contributed by atoms with Crippen molar-refractivity contribution in [1.82, 2.24) is 4.90 Å². The summed E-state index contributed by atoms with van der Waals surface area (Å²) in [4.78, 5) is 2.41. The highest BCUT2D eigenvalue weighted by Crippen LogP contribution is 2.24. The molecule has 2 heterocycles. The Morgan fingerprint density at radius 2 is 2.45 bits per heavy atom. The third-order valence-corrected chi connectivity index (χ3v) is 2.72. The van der Waals surface area contributed by atoms with Crippen molar-refractivity contribution in [2.24, 2.45) is 0 Å². The van der Waals surface area contributed by atoms with E-state index in [-0.39, 0.29) is 0 Å². The summed E-state index contributed by atoms with van der Waals surface area (Å²) in [6.07, 6.45) is 8.16. The molecular formula is C9H15NO. The Kier molecular flexibility index (Phi) is 1.86. The van der Waals surface area contributed by atoms with Crippen molar-refractivity contribution in [3.05, 3.63) is 12.3 Å². The Balaban J connectivity index is 1.93. The largest absolute Gasteiger partial charge is 0.496 e. The summed E-state index contributed by atoms with van der Waals surface area (Å²) in [5.41, 5.74) is 0. The zero-order valence-corrected chi connectivity index (χ0v) is 6.99. The van der Waals surface area contributed by atoms with Crippen LogP contribution in [0, 0.1) is 0 Å². The predicted octanol–water partition coefficient (Wildman–Crippen LogP) is 1.38. The second-order valence-corrected chi connectivity index (χ2v) is 3.47. The molecule has 0 aromatic carbocycles. The van der Waals surface area contributed by atoms with Gasteiger partial charge in [0.25, 0.3) is 0 Å². The number of ether oxygens (including phenoxy) is 1. The van der Waals surface area contributed by atoms with Crippen molar-refractivity contribution in [3.8, 4) is 0 Å². The topological polar surface area (TPSA) is 12.5 Å². The highest BCUT2D eigenvalue weighted by atomic mass is 16.5. The number of hydrogen-bond donors (Lipinski definition) is 0. The molecule has 0 aliphatic carbocycles. The number of hydrogen-bond acceptors (Lipinski definition) is 2. The normalized spacial score (nSPS) is 37.9. The van der Waals surface area contributed by atoms with Crippen LogP contribution in [0.1, 0.15) is 19.3 Å². The lowest BCUT2D eigenvalue weighted by Gasteiger charge is -2.24. The van der Waals surface area contributed by atoms with Crippen LogP contribution < -0.4 is 0 Å². The van der Waals surface area contributed by atoms with Gasteiger partial charge in [0, 0.05) is 12.5 Å². The lowest BCUT2D eigenvalue weighted by Crippen LogP contribution is -2.35. The molecule has 2 atom stereocenters. The molecule has 1 saturated heterocycles. The Morgan fingerprint density at radius 1 is 1.55 bits per heavy atom. The summed E-state index contributed by atoms with van der Waals surface area (Å²) < 4.78 is 5.49. The summed E-state index contributed by atoms with van der Waals surface area (Å²) in [7, 11) is 2.19. The van der Waals surface area contributed by atoms with Gasteiger partial charge in [-0.3, -0.25) is 4.90 Å². The molecule has 2 aliphatic rings. The first-order valence-electron chi connectivity index (χ1n) is 4.38. The maximum absolute atomic E-state index is 5.49. The second-order valence-electron chi connectivity index (χ2n) is 3.47. The SMILES string of the molecule is CN1CCCC1[C@@H]1CC=CO1. The third-order valence-electron chi connectivity index (χ3n) is 2.72. The van der Waals surface area contributed by atoms with E-state index in [1.54, 1.807) is 0 Å². The van der Waals surface area contributed by atoms with Gasteiger partial charge in [-0.05, 0) is 32.5 Å². The lowest BCUT2D eigenvalue weighted by molar-refractivity contribution is 0.0872. The van der Waals surface area contributed by atoms with E-state index in [1.165, 1.54) is 19.4 Å². The zero-order chi connectivity index (χ0) is 7.68. The van der Waals surface area contributed by atoms with E-state index in [0.717, 1.165) is 6.42 Å². The quantitative estimate of drug-likeness (QED) is 0.564. The van der Waals surface area contributed by atoms with Gasteiger partial charge >= 0.3 is 0 Å². The maximum atomic E-state index is 5.49. The molecule has 2 aliphatic heterocycles. The molecule has 2 nitrogen and oxygen atoms in total. The minimum Gasteiger partial charge on any atom is -0.496 e. The van der Waals surface area contributed by atoms with Crippen LogP contribution in [-0.2, 0) is 4.74 Å². The predicted molar refractivity (Wildman–Crippen MR) is 44.3 cm³/mol. The highest BCUT2D eigenvalue weighted by Gasteiger charge is 2.30. The van der Waals surface area contributed by atoms with Crippen LogP contribution in [0.2, 0.25) is 0 Å². The summed E-state index contributed by atoms with van der Waals surface area (Å²) in [6.45, 7) is 1.24. The van der Waals surface area contributed by atoms with E-state index in [9.17, 15) is 0 Å². The molecule has 0 amide bonds. The van der Waals surface area contributed by atoms with Crippen molar-refractivity contribution in [3.63, 3.8) is 0 Å². The van der Waals surface area contributed by atoms with E-state index in [1.807, 2.05) is 6.26 Å². The van der Waals surface area contributed by atoms with Gasteiger partial charge < -0.3 is 4.74 Å². The van der Waals surface area contributed by atoms with E-state index in [4.69, 9.17) is 4.74 Å². The smallest absolute Gasteiger partial charge is 0.117 e. The molecule has 0 spiro atoms. The summed E-state index contributed by atoms with van der Waals surface area (Å²) in [5, 5.41) is 0. The standard InChI is InChI=1S/C9H15NO/c1-10-6-2-4-8(10)9-5-3-7-11-9/h3,7-9H,2,4-6H2,1H3/t8?,9-/m0/s1. The number of likely N-dealkylation sites (N-methyl/N-ethyl adjacent to an activating group) is 1. The first kappa shape index (κ1) is 7.17. The Morgan fingerprint density at radius 3 is 3.00 bits per heavy atom. The zero-order valence-electron chi connectivity index (χ0n) is 6.99. The van der Waals surface area contributed by atoms with Crippen LogP contribution in [0.5, 0.6) is 0 Å². The van der Waals surface area contributed by atoms with Gasteiger partial charge in [0.05, 0.1) is 6.26 Å². The average molecular weight is 153 g/mol. The van der Waals surface area contributed by atoms with Crippen LogP contribution in [0.4, 0.5) is 0 Å². The van der Waals surface area contributed by atoms with Gasteiger partial charge in [-0.25, -0.2) is 0 Å². The van der Waals surface area contributed by atoms with Gasteiger partial charge in [0.15, 0.2) is 0 Å². The van der Waals surface area contributed by atoms with Gasteiger partial charge in [-0.1, -0.05) is 0 Å². The molecule has 0 radical (unpaired) electrons. The van der Waals surface area contributed by atoms with Crippen molar-refractivity contribution >= 4 is 0 Å². The van der Waals surface area contributed by atoms with Gasteiger partial charge in [-0.2, -0.15) is 0 Å². The minimum atomic E-state index is 0.447. The molecule has 0 aromatic heterocycles. The molecule has 11 heavy (non-hydrogen) atoms. The molecule has 1 fully saturated rings. The number of likely N-dealkylation sites (tertiary alicyclic amines) is 1. The summed E-state index contributed by atoms with van der Waals surface area (Å²) in [5.74, 6) is 0. The average Bonchev–Trinajstić information content (AvgIpc) is 2.55. The van der Waals surface area contributed by atoms with E-state index in [0.29, 0.717) is 12.1 Å². The molecule has 1 unspecified atom stereocenters. The number of rotatable bonds is 1. The van der Waals surface area contributed by atoms with Crippen molar-refractivity contribution in [1.29, 1.82) is 0 Å². The number of nitrogens with zero attached hydrogens (tertiary/aromatic N) is 1. The second kappa shape index (κ2) is 2.86. The molecular weight excluding hydrogens is 138 g/mol. The molecule has 0 saturated carbocycles. The maximum Gasteiger partial charge on any atom is 0.117 e. The molecule has 0 N–H and O–H groups in total. The molecule has 0 aromatic rings. The first-order chi connectivity index (χ1) is 5.38. The van der Waals surface area contributed by atoms with Gasteiger partial charge in [-0.15, -0.1) is 0 Å². The van der Waals surface area contributed by atoms with Crippen molar-refractivity contribution in [2.45, 2.75) is 31.4 Å². The van der Waals surface area contributed by atoms with E-state index >= 15 is 0 Å². The summed E-state index contributed by atoms with van der Waals surface area (Å²) in [6, 6.07) is 0.671. The fourth-order valence-corrected chi connectivity index (χ4v) is 2.06. The fourth-order valence-electron chi connectivity index (χ4n) is 2.06. The lowest BCUT2D eigenvalue weighted by atomic mass is 10.1. The van der Waals surface area contributed by atoms with Crippen LogP contribution in [-0.4, -0.2) is 30.6 Å². The molecule has 62 valence electrons. The third kappa shape index (κ3) is 1.27. The Hall–Kier alpha value is -0.500. The highest BCUT2D eigenvalue weighted by molar-refractivity contribution is 4.94. The van der Waals surface area contributed by atoms with Gasteiger partial charge in [0.1, 0.15) is 6.10 Å². The van der Waals surface area contributed by atoms with Crippen molar-refractivity contribution < 1.29 is 4.74 Å². The van der Waals surface area contributed by atoms with E-state index < -0.39 is 0 Å². The Bertz CT molecular complexity index is 159. The van der Waals surface area contributed by atoms with Crippen molar-refractivity contribution in [2.75, 3.05) is 13.6 Å². The van der Waals surface area contributed by atoms with Crippen LogP contribution in [0.3, 0.4) is 0 Å². The van der Waals surface area contributed by atoms with Gasteiger partial charge in [0.2, 0.25) is 0 Å². The summed E-state index contributed by atoms with van der Waals surface area (Å²) >= 11 is 0. The van der Waals surface area contributed by atoms with Crippen LogP contribution in [0.25, 0.3) is 0 Å². The Labute approximate surface area is 67.8 Å². The first-order valence-corrected chi connectivity index (χ1v) is 4.38. The fraction of sp³-hybridized carbons (Fsp3) is 0.778. The molecule has 0 bridgehead atoms.